The van der Waals surface area contributed by atoms with Gasteiger partial charge in [0.1, 0.15) is 0 Å². The second-order valence-electron chi connectivity index (χ2n) is 6.75. The first kappa shape index (κ1) is 16.9. The van der Waals surface area contributed by atoms with Gasteiger partial charge in [-0.15, -0.1) is 11.8 Å². The Morgan fingerprint density at radius 1 is 1.07 bits per heavy atom. The molecule has 7 heteroatoms. The van der Waals surface area contributed by atoms with Crippen molar-refractivity contribution in [1.29, 1.82) is 0 Å². The van der Waals surface area contributed by atoms with E-state index in [1.54, 1.807) is 42.2 Å². The molecule has 5 rings (SSSR count). The Bertz CT molecular complexity index is 1090. The van der Waals surface area contributed by atoms with Gasteiger partial charge in [0.25, 0.3) is 10.0 Å². The van der Waals surface area contributed by atoms with Crippen LogP contribution in [0.1, 0.15) is 24.7 Å². The number of benzene rings is 2. The molecular formula is C20H18N2O3S2. The first-order valence-corrected chi connectivity index (χ1v) is 11.4. The van der Waals surface area contributed by atoms with Crippen molar-refractivity contribution < 1.29 is 12.8 Å². The summed E-state index contributed by atoms with van der Waals surface area (Å²) in [7, 11) is -3.60. The van der Waals surface area contributed by atoms with Crippen LogP contribution in [0, 0.1) is 0 Å². The van der Waals surface area contributed by atoms with Crippen LogP contribution in [0.15, 0.2) is 68.9 Å². The van der Waals surface area contributed by atoms with Gasteiger partial charge in [-0.05, 0) is 49.2 Å². The van der Waals surface area contributed by atoms with Crippen molar-refractivity contribution in [3.63, 3.8) is 0 Å². The topological polar surface area (TPSA) is 63.4 Å². The Morgan fingerprint density at radius 2 is 1.85 bits per heavy atom. The summed E-state index contributed by atoms with van der Waals surface area (Å²) < 4.78 is 33.7. The Hall–Kier alpha value is -2.25. The standard InChI is InChI=1S/C20H18N2O3S2/c23-27(24,22-11-12-26-19-4-2-1-3-17(19)22)16-9-7-14(8-10-16)18-13-21-20(25-18)15-5-6-15/h1-4,7-10,13,15H,5-6,11-12H2. The van der Waals surface area contributed by atoms with E-state index in [1.807, 2.05) is 24.3 Å². The highest BCUT2D eigenvalue weighted by molar-refractivity contribution is 8.00. The Kier molecular flexibility index (Phi) is 4.02. The van der Waals surface area contributed by atoms with E-state index in [-0.39, 0.29) is 4.90 Å². The predicted molar refractivity (Wildman–Crippen MR) is 106 cm³/mol. The van der Waals surface area contributed by atoms with Gasteiger partial charge in [-0.3, -0.25) is 4.31 Å². The molecule has 0 amide bonds. The maximum Gasteiger partial charge on any atom is 0.264 e. The minimum atomic E-state index is -3.60. The third-order valence-corrected chi connectivity index (χ3v) is 7.73. The van der Waals surface area contributed by atoms with E-state index < -0.39 is 10.0 Å². The average Bonchev–Trinajstić information content (AvgIpc) is 3.44. The van der Waals surface area contributed by atoms with Crippen LogP contribution in [0.3, 0.4) is 0 Å². The Balaban J connectivity index is 1.45. The molecule has 1 fully saturated rings. The zero-order valence-electron chi connectivity index (χ0n) is 14.5. The summed E-state index contributed by atoms with van der Waals surface area (Å²) >= 11 is 1.69. The second-order valence-corrected chi connectivity index (χ2v) is 9.75. The predicted octanol–water partition coefficient (Wildman–Crippen LogP) is 4.52. The van der Waals surface area contributed by atoms with E-state index in [0.29, 0.717) is 18.2 Å². The number of nitrogens with zero attached hydrogens (tertiary/aromatic N) is 2. The summed E-state index contributed by atoms with van der Waals surface area (Å²) in [5.41, 5.74) is 1.59. The van der Waals surface area contributed by atoms with Gasteiger partial charge in [-0.1, -0.05) is 12.1 Å². The molecule has 0 atom stereocenters. The zero-order chi connectivity index (χ0) is 18.4. The van der Waals surface area contributed by atoms with Crippen molar-refractivity contribution in [3.05, 3.63) is 60.6 Å². The number of rotatable bonds is 4. The number of anilines is 1. The van der Waals surface area contributed by atoms with Crippen molar-refractivity contribution in [2.45, 2.75) is 28.6 Å². The molecule has 5 nitrogen and oxygen atoms in total. The van der Waals surface area contributed by atoms with Crippen molar-refractivity contribution in [2.24, 2.45) is 0 Å². The van der Waals surface area contributed by atoms with Crippen molar-refractivity contribution in [1.82, 2.24) is 4.98 Å². The fourth-order valence-corrected chi connectivity index (χ4v) is 5.90. The van der Waals surface area contributed by atoms with Gasteiger partial charge in [-0.2, -0.15) is 0 Å². The number of fused-ring (bicyclic) bond motifs is 1. The summed E-state index contributed by atoms with van der Waals surface area (Å²) in [6.45, 7) is 0.471. The van der Waals surface area contributed by atoms with Crippen LogP contribution in [0.4, 0.5) is 5.69 Å². The molecule has 2 heterocycles. The average molecular weight is 399 g/mol. The molecular weight excluding hydrogens is 380 g/mol. The van der Waals surface area contributed by atoms with E-state index in [1.165, 1.54) is 4.31 Å². The second kappa shape index (κ2) is 6.42. The van der Waals surface area contributed by atoms with Gasteiger partial charge in [-0.25, -0.2) is 13.4 Å². The Morgan fingerprint density at radius 3 is 2.63 bits per heavy atom. The number of aromatic nitrogens is 1. The lowest BCUT2D eigenvalue weighted by Crippen LogP contribution is -2.35. The fourth-order valence-electron chi connectivity index (χ4n) is 3.25. The summed E-state index contributed by atoms with van der Waals surface area (Å²) in [6.07, 6.45) is 3.98. The third kappa shape index (κ3) is 3.04. The fraction of sp³-hybridized carbons (Fsp3) is 0.250. The third-order valence-electron chi connectivity index (χ3n) is 4.86. The maximum absolute atomic E-state index is 13.2. The van der Waals surface area contributed by atoms with E-state index in [4.69, 9.17) is 4.42 Å². The van der Waals surface area contributed by atoms with Gasteiger partial charge >= 0.3 is 0 Å². The molecule has 138 valence electrons. The van der Waals surface area contributed by atoms with Crippen molar-refractivity contribution >= 4 is 27.5 Å². The van der Waals surface area contributed by atoms with Crippen LogP contribution in [0.5, 0.6) is 0 Å². The molecule has 0 unspecified atom stereocenters. The van der Waals surface area contributed by atoms with Gasteiger partial charge in [0.05, 0.1) is 16.8 Å². The molecule has 1 aliphatic carbocycles. The van der Waals surface area contributed by atoms with Crippen LogP contribution >= 0.6 is 11.8 Å². The lowest BCUT2D eigenvalue weighted by molar-refractivity contribution is 0.509. The largest absolute Gasteiger partial charge is 0.440 e. The number of oxazole rings is 1. The summed E-state index contributed by atoms with van der Waals surface area (Å²) in [4.78, 5) is 5.61. The quantitative estimate of drug-likeness (QED) is 0.647. The molecule has 2 aliphatic rings. The molecule has 2 aromatic carbocycles. The molecule has 0 saturated heterocycles. The van der Waals surface area contributed by atoms with Gasteiger partial charge in [0.2, 0.25) is 0 Å². The van der Waals surface area contributed by atoms with Gasteiger partial charge < -0.3 is 4.42 Å². The van der Waals surface area contributed by atoms with Crippen LogP contribution in [-0.2, 0) is 10.0 Å². The molecule has 1 aliphatic heterocycles. The van der Waals surface area contributed by atoms with Crippen LogP contribution in [-0.4, -0.2) is 25.7 Å². The molecule has 0 radical (unpaired) electrons. The highest BCUT2D eigenvalue weighted by atomic mass is 32.2. The SMILES string of the molecule is O=S(=O)(c1ccc(-c2cnc(C3CC3)o2)cc1)N1CCSc2ccccc21. The number of sulfonamides is 1. The number of para-hydroxylation sites is 1. The van der Waals surface area contributed by atoms with Gasteiger partial charge in [0, 0.05) is 28.7 Å². The lowest BCUT2D eigenvalue weighted by Gasteiger charge is -2.30. The lowest BCUT2D eigenvalue weighted by atomic mass is 10.2. The molecule has 0 N–H and O–H groups in total. The first-order valence-electron chi connectivity index (χ1n) is 8.94. The van der Waals surface area contributed by atoms with E-state index in [9.17, 15) is 8.42 Å². The van der Waals surface area contributed by atoms with E-state index in [2.05, 4.69) is 4.98 Å². The number of hydrogen-bond acceptors (Lipinski definition) is 5. The number of hydrogen-bond donors (Lipinski definition) is 0. The molecule has 1 saturated carbocycles. The summed E-state index contributed by atoms with van der Waals surface area (Å²) in [5.74, 6) is 2.66. The Labute approximate surface area is 162 Å². The monoisotopic (exact) mass is 398 g/mol. The van der Waals surface area contributed by atoms with E-state index >= 15 is 0 Å². The van der Waals surface area contributed by atoms with Crippen molar-refractivity contribution in [3.8, 4) is 11.3 Å². The minimum absolute atomic E-state index is 0.287. The normalized spacial score (nSPS) is 17.0. The molecule has 0 bridgehead atoms. The van der Waals surface area contributed by atoms with Crippen LogP contribution in [0.2, 0.25) is 0 Å². The van der Waals surface area contributed by atoms with Gasteiger partial charge in [0.15, 0.2) is 11.7 Å². The van der Waals surface area contributed by atoms with Crippen molar-refractivity contribution in [2.75, 3.05) is 16.6 Å². The molecule has 3 aromatic rings. The minimum Gasteiger partial charge on any atom is -0.440 e. The summed E-state index contributed by atoms with van der Waals surface area (Å²) in [6, 6.07) is 14.5. The summed E-state index contributed by atoms with van der Waals surface area (Å²) in [5, 5.41) is 0. The molecule has 27 heavy (non-hydrogen) atoms. The number of thioether (sulfide) groups is 1. The highest BCUT2D eigenvalue weighted by Crippen LogP contribution is 2.41. The molecule has 0 spiro atoms. The maximum atomic E-state index is 13.2. The smallest absolute Gasteiger partial charge is 0.264 e. The van der Waals surface area contributed by atoms with Crippen LogP contribution < -0.4 is 4.31 Å². The van der Waals surface area contributed by atoms with E-state index in [0.717, 1.165) is 40.6 Å². The van der Waals surface area contributed by atoms with Crippen LogP contribution in [0.25, 0.3) is 11.3 Å². The molecule has 1 aromatic heterocycles. The zero-order valence-corrected chi connectivity index (χ0v) is 16.2. The highest BCUT2D eigenvalue weighted by Gasteiger charge is 2.30. The first-order chi connectivity index (χ1) is 13.1.